The molecule has 0 aliphatic heterocycles. The first kappa shape index (κ1) is 14.0. The number of halogens is 1. The van der Waals surface area contributed by atoms with Gasteiger partial charge in [-0.2, -0.15) is 4.39 Å². The highest BCUT2D eigenvalue weighted by Gasteiger charge is 2.45. The van der Waals surface area contributed by atoms with Crippen molar-refractivity contribution in [2.75, 3.05) is 6.61 Å². The molecule has 7 heteroatoms. The van der Waals surface area contributed by atoms with Gasteiger partial charge in [-0.3, -0.25) is 14.3 Å². The summed E-state index contributed by atoms with van der Waals surface area (Å²) < 4.78 is 14.4. The molecule has 0 aromatic carbocycles. The predicted octanol–water partition coefficient (Wildman–Crippen LogP) is -0.384. The molecule has 3 N–H and O–H groups in total. The van der Waals surface area contributed by atoms with Crippen molar-refractivity contribution in [2.45, 2.75) is 31.9 Å². The predicted molar refractivity (Wildman–Crippen MR) is 65.3 cm³/mol. The Morgan fingerprint density at radius 3 is 2.84 bits per heavy atom. The van der Waals surface area contributed by atoms with Crippen LogP contribution in [0.25, 0.3) is 0 Å². The van der Waals surface area contributed by atoms with E-state index in [1.807, 2.05) is 4.98 Å². The van der Waals surface area contributed by atoms with E-state index >= 15 is 0 Å². The van der Waals surface area contributed by atoms with Crippen molar-refractivity contribution in [1.82, 2.24) is 9.55 Å². The second-order valence-electron chi connectivity index (χ2n) is 4.94. The van der Waals surface area contributed by atoms with E-state index in [9.17, 15) is 24.2 Å². The van der Waals surface area contributed by atoms with Crippen molar-refractivity contribution in [3.8, 4) is 0 Å². The molecule has 0 amide bonds. The van der Waals surface area contributed by atoms with Crippen LogP contribution in [0, 0.1) is 17.7 Å². The summed E-state index contributed by atoms with van der Waals surface area (Å²) in [6, 6.07) is -0.397. The van der Waals surface area contributed by atoms with Crippen molar-refractivity contribution >= 4 is 0 Å². The van der Waals surface area contributed by atoms with Gasteiger partial charge in [0.1, 0.15) is 0 Å². The number of aliphatic hydroxyl groups is 2. The molecule has 0 spiro atoms. The van der Waals surface area contributed by atoms with E-state index in [-0.39, 0.29) is 18.4 Å². The molecule has 1 fully saturated rings. The fraction of sp³-hybridized carbons (Fsp3) is 0.667. The molecular weight excluding hydrogens is 255 g/mol. The van der Waals surface area contributed by atoms with Crippen molar-refractivity contribution in [3.63, 3.8) is 0 Å². The topological polar surface area (TPSA) is 95.3 Å². The fourth-order valence-electron chi connectivity index (χ4n) is 2.79. The first-order valence-electron chi connectivity index (χ1n) is 6.29. The van der Waals surface area contributed by atoms with E-state index in [0.29, 0.717) is 12.8 Å². The van der Waals surface area contributed by atoms with Crippen LogP contribution >= 0.6 is 0 Å². The minimum absolute atomic E-state index is 0.0845. The minimum atomic E-state index is -1.05. The van der Waals surface area contributed by atoms with Crippen LogP contribution in [-0.2, 0) is 0 Å². The molecule has 4 unspecified atom stereocenters. The molecule has 106 valence electrons. The molecule has 4 atom stereocenters. The van der Waals surface area contributed by atoms with Crippen LogP contribution in [0.1, 0.15) is 25.8 Å². The first-order chi connectivity index (χ1) is 8.99. The molecule has 2 rings (SSSR count). The molecule has 1 aromatic rings. The van der Waals surface area contributed by atoms with Gasteiger partial charge in [-0.25, -0.2) is 4.79 Å². The van der Waals surface area contributed by atoms with Gasteiger partial charge in [0.2, 0.25) is 5.82 Å². The van der Waals surface area contributed by atoms with Crippen molar-refractivity contribution < 1.29 is 14.6 Å². The van der Waals surface area contributed by atoms with E-state index in [2.05, 4.69) is 0 Å². The molecule has 1 heterocycles. The minimum Gasteiger partial charge on any atom is -0.396 e. The lowest BCUT2D eigenvalue weighted by molar-refractivity contribution is -0.0583. The summed E-state index contributed by atoms with van der Waals surface area (Å²) >= 11 is 0. The molecule has 1 aliphatic rings. The lowest BCUT2D eigenvalue weighted by atomic mass is 9.66. The van der Waals surface area contributed by atoms with Crippen LogP contribution in [0.4, 0.5) is 4.39 Å². The Morgan fingerprint density at radius 1 is 1.58 bits per heavy atom. The third kappa shape index (κ3) is 2.35. The van der Waals surface area contributed by atoms with Gasteiger partial charge in [-0.05, 0) is 18.8 Å². The van der Waals surface area contributed by atoms with E-state index < -0.39 is 29.2 Å². The molecule has 0 bridgehead atoms. The lowest BCUT2D eigenvalue weighted by Gasteiger charge is -2.46. The standard InChI is InChI=1S/C12H17FN2O4/c1-2-9(17)10-6(5-16)3-8(10)15-4-7(13)11(18)14-12(15)19/h4,6,8-10,16-17H,2-3,5H2,1H3,(H,14,18,19). The lowest BCUT2D eigenvalue weighted by Crippen LogP contribution is -2.50. The zero-order valence-electron chi connectivity index (χ0n) is 10.5. The van der Waals surface area contributed by atoms with Gasteiger partial charge in [0.05, 0.1) is 12.3 Å². The van der Waals surface area contributed by atoms with E-state index in [1.54, 1.807) is 6.92 Å². The van der Waals surface area contributed by atoms with Gasteiger partial charge >= 0.3 is 5.69 Å². The Morgan fingerprint density at radius 2 is 2.26 bits per heavy atom. The molecule has 0 radical (unpaired) electrons. The SMILES string of the molecule is CCC(O)C1C(CO)CC1n1cc(F)c(=O)[nH]c1=O. The zero-order chi connectivity index (χ0) is 14.2. The molecule has 1 aromatic heterocycles. The van der Waals surface area contributed by atoms with Gasteiger partial charge in [-0.1, -0.05) is 6.92 Å². The monoisotopic (exact) mass is 272 g/mol. The smallest absolute Gasteiger partial charge is 0.328 e. The van der Waals surface area contributed by atoms with Gasteiger partial charge in [0, 0.05) is 18.6 Å². The molecular formula is C12H17FN2O4. The second kappa shape index (κ2) is 5.26. The Bertz CT molecular complexity index is 562. The summed E-state index contributed by atoms with van der Waals surface area (Å²) in [7, 11) is 0. The van der Waals surface area contributed by atoms with E-state index in [4.69, 9.17) is 0 Å². The Hall–Kier alpha value is -1.47. The van der Waals surface area contributed by atoms with Crippen LogP contribution in [0.15, 0.2) is 15.8 Å². The molecule has 0 saturated heterocycles. The number of hydrogen-bond acceptors (Lipinski definition) is 4. The van der Waals surface area contributed by atoms with Crippen LogP contribution in [-0.4, -0.2) is 32.5 Å². The first-order valence-corrected chi connectivity index (χ1v) is 6.29. The van der Waals surface area contributed by atoms with Gasteiger partial charge in [-0.15, -0.1) is 0 Å². The highest BCUT2D eigenvalue weighted by molar-refractivity contribution is 5.00. The normalized spacial score (nSPS) is 27.9. The third-order valence-corrected chi connectivity index (χ3v) is 3.91. The molecule has 19 heavy (non-hydrogen) atoms. The number of nitrogens with one attached hydrogen (secondary N) is 1. The average Bonchev–Trinajstić information content (AvgIpc) is 2.34. The maximum Gasteiger partial charge on any atom is 0.328 e. The summed E-state index contributed by atoms with van der Waals surface area (Å²) in [5, 5.41) is 19.1. The highest BCUT2D eigenvalue weighted by atomic mass is 19.1. The summed E-state index contributed by atoms with van der Waals surface area (Å²) in [4.78, 5) is 24.6. The number of aliphatic hydroxyl groups excluding tert-OH is 2. The summed E-state index contributed by atoms with van der Waals surface area (Å²) in [6.07, 6.45) is 1.16. The van der Waals surface area contributed by atoms with Crippen molar-refractivity contribution in [3.05, 3.63) is 32.9 Å². The van der Waals surface area contributed by atoms with Crippen LogP contribution < -0.4 is 11.2 Å². The summed E-state index contributed by atoms with van der Waals surface area (Å²) in [5.74, 6) is -1.45. The summed E-state index contributed by atoms with van der Waals surface area (Å²) in [5.41, 5.74) is -1.74. The second-order valence-corrected chi connectivity index (χ2v) is 4.94. The van der Waals surface area contributed by atoms with Gasteiger partial charge in [0.15, 0.2) is 0 Å². The summed E-state index contributed by atoms with van der Waals surface area (Å²) in [6.45, 7) is 1.71. The number of aromatic nitrogens is 2. The van der Waals surface area contributed by atoms with Crippen LogP contribution in [0.3, 0.4) is 0 Å². The quantitative estimate of drug-likeness (QED) is 0.696. The number of rotatable bonds is 4. The number of H-pyrrole nitrogens is 1. The highest BCUT2D eigenvalue weighted by Crippen LogP contribution is 2.45. The Kier molecular flexibility index (Phi) is 3.86. The molecule has 6 nitrogen and oxygen atoms in total. The van der Waals surface area contributed by atoms with Gasteiger partial charge in [0.25, 0.3) is 5.56 Å². The maximum atomic E-state index is 13.3. The number of nitrogens with zero attached hydrogens (tertiary/aromatic N) is 1. The van der Waals surface area contributed by atoms with E-state index in [0.717, 1.165) is 10.8 Å². The Labute approximate surface area is 108 Å². The largest absolute Gasteiger partial charge is 0.396 e. The van der Waals surface area contributed by atoms with E-state index in [1.165, 1.54) is 0 Å². The Balaban J connectivity index is 2.35. The fourth-order valence-corrected chi connectivity index (χ4v) is 2.79. The van der Waals surface area contributed by atoms with Crippen LogP contribution in [0.2, 0.25) is 0 Å². The molecule has 1 saturated carbocycles. The van der Waals surface area contributed by atoms with Crippen molar-refractivity contribution in [2.24, 2.45) is 11.8 Å². The maximum absolute atomic E-state index is 13.3. The number of aromatic amines is 1. The third-order valence-electron chi connectivity index (χ3n) is 3.91. The average molecular weight is 272 g/mol. The number of hydrogen-bond donors (Lipinski definition) is 3. The molecule has 1 aliphatic carbocycles. The zero-order valence-corrected chi connectivity index (χ0v) is 10.5. The van der Waals surface area contributed by atoms with Crippen LogP contribution in [0.5, 0.6) is 0 Å². The van der Waals surface area contributed by atoms with Crippen molar-refractivity contribution in [1.29, 1.82) is 0 Å². The van der Waals surface area contributed by atoms with Gasteiger partial charge < -0.3 is 10.2 Å².